The summed E-state index contributed by atoms with van der Waals surface area (Å²) in [6.45, 7) is 1.64. The normalized spacial score (nSPS) is 11.5. The third kappa shape index (κ3) is 4.74. The van der Waals surface area contributed by atoms with E-state index in [-0.39, 0.29) is 11.7 Å². The van der Waals surface area contributed by atoms with E-state index in [1.54, 1.807) is 79.7 Å². The number of para-hydroxylation sites is 1. The minimum atomic E-state index is -0.744. The maximum atomic E-state index is 12.7. The molecule has 1 unspecified atom stereocenters. The van der Waals surface area contributed by atoms with Crippen LogP contribution in [-0.4, -0.2) is 17.8 Å². The Kier molecular flexibility index (Phi) is 5.89. The van der Waals surface area contributed by atoms with Crippen molar-refractivity contribution >= 4 is 29.0 Å². The largest absolute Gasteiger partial charge is 0.481 e. The second kappa shape index (κ2) is 8.52. The fourth-order valence-corrected chi connectivity index (χ4v) is 2.67. The number of carbonyl (C=O) groups is 2. The van der Waals surface area contributed by atoms with Crippen LogP contribution in [0.4, 0.5) is 5.69 Å². The van der Waals surface area contributed by atoms with Gasteiger partial charge in [0.15, 0.2) is 11.9 Å². The Morgan fingerprint density at radius 1 is 0.889 bits per heavy atom. The van der Waals surface area contributed by atoms with Gasteiger partial charge in [-0.15, -0.1) is 0 Å². The molecule has 3 aromatic rings. The highest BCUT2D eigenvalue weighted by molar-refractivity contribution is 6.30. The summed E-state index contributed by atoms with van der Waals surface area (Å²) in [5.74, 6) is 0.0340. The number of hydrogen-bond donors (Lipinski definition) is 1. The zero-order valence-electron chi connectivity index (χ0n) is 14.7. The summed E-state index contributed by atoms with van der Waals surface area (Å²) >= 11 is 5.85. The maximum absolute atomic E-state index is 12.7. The highest BCUT2D eigenvalue weighted by Crippen LogP contribution is 2.21. The van der Waals surface area contributed by atoms with E-state index >= 15 is 0 Å². The highest BCUT2D eigenvalue weighted by Gasteiger charge is 2.19. The zero-order valence-corrected chi connectivity index (χ0v) is 15.4. The molecule has 0 spiro atoms. The zero-order chi connectivity index (χ0) is 19.2. The molecule has 136 valence electrons. The molecule has 0 fully saturated rings. The molecule has 0 aliphatic heterocycles. The predicted octanol–water partition coefficient (Wildman–Crippen LogP) is 4.98. The molecule has 0 aliphatic carbocycles. The molecule has 5 heteroatoms. The van der Waals surface area contributed by atoms with E-state index in [9.17, 15) is 9.59 Å². The Bertz CT molecular complexity index is 939. The number of ether oxygens (including phenoxy) is 1. The van der Waals surface area contributed by atoms with Gasteiger partial charge >= 0.3 is 0 Å². The molecule has 3 rings (SSSR count). The van der Waals surface area contributed by atoms with Crippen LogP contribution in [0.1, 0.15) is 22.8 Å². The molecule has 27 heavy (non-hydrogen) atoms. The van der Waals surface area contributed by atoms with Gasteiger partial charge in [0.25, 0.3) is 5.91 Å². The van der Waals surface area contributed by atoms with Gasteiger partial charge < -0.3 is 10.1 Å². The second-order valence-electron chi connectivity index (χ2n) is 5.94. The van der Waals surface area contributed by atoms with Gasteiger partial charge in [0.1, 0.15) is 5.75 Å². The summed E-state index contributed by atoms with van der Waals surface area (Å²) in [4.78, 5) is 25.3. The van der Waals surface area contributed by atoms with Crippen LogP contribution in [0.3, 0.4) is 0 Å². The van der Waals surface area contributed by atoms with Crippen LogP contribution in [0.2, 0.25) is 5.02 Å². The van der Waals surface area contributed by atoms with Crippen LogP contribution in [0.5, 0.6) is 5.75 Å². The lowest BCUT2D eigenvalue weighted by Gasteiger charge is -2.16. The van der Waals surface area contributed by atoms with Crippen molar-refractivity contribution < 1.29 is 14.3 Å². The molecule has 1 atom stereocenters. The Hall–Kier alpha value is -3.11. The number of halogens is 1. The molecule has 0 heterocycles. The fourth-order valence-electron chi connectivity index (χ4n) is 2.54. The molecule has 1 amide bonds. The molecule has 0 radical (unpaired) electrons. The first-order chi connectivity index (χ1) is 13.0. The molecule has 4 nitrogen and oxygen atoms in total. The van der Waals surface area contributed by atoms with Gasteiger partial charge in [0, 0.05) is 16.1 Å². The highest BCUT2D eigenvalue weighted by atomic mass is 35.5. The van der Waals surface area contributed by atoms with Crippen molar-refractivity contribution in [3.8, 4) is 5.75 Å². The first-order valence-electron chi connectivity index (χ1n) is 8.46. The molecule has 0 saturated heterocycles. The smallest absolute Gasteiger partial charge is 0.265 e. The monoisotopic (exact) mass is 379 g/mol. The first kappa shape index (κ1) is 18.7. The topological polar surface area (TPSA) is 55.4 Å². The third-order valence-corrected chi connectivity index (χ3v) is 4.21. The van der Waals surface area contributed by atoms with Gasteiger partial charge in [0.2, 0.25) is 0 Å². The summed E-state index contributed by atoms with van der Waals surface area (Å²) in [5, 5.41) is 3.37. The van der Waals surface area contributed by atoms with Crippen molar-refractivity contribution in [3.05, 3.63) is 95.0 Å². The summed E-state index contributed by atoms with van der Waals surface area (Å²) in [6, 6.07) is 22.6. The second-order valence-corrected chi connectivity index (χ2v) is 6.38. The average molecular weight is 380 g/mol. The lowest BCUT2D eigenvalue weighted by atomic mass is 10.0. The van der Waals surface area contributed by atoms with Crippen LogP contribution >= 0.6 is 11.6 Å². The van der Waals surface area contributed by atoms with Gasteiger partial charge in [0.05, 0.1) is 5.69 Å². The standard InChI is InChI=1S/C22H18ClNO3/c1-15(27-18-13-11-17(23)12-14-18)22(26)24-20-10-6-5-9-19(20)21(25)16-7-3-2-4-8-16/h2-15H,1H3,(H,24,26). The van der Waals surface area contributed by atoms with E-state index in [2.05, 4.69) is 5.32 Å². The van der Waals surface area contributed by atoms with Crippen molar-refractivity contribution in [3.63, 3.8) is 0 Å². The van der Waals surface area contributed by atoms with E-state index in [4.69, 9.17) is 16.3 Å². The maximum Gasteiger partial charge on any atom is 0.265 e. The number of anilines is 1. The Morgan fingerprint density at radius 3 is 2.22 bits per heavy atom. The predicted molar refractivity (Wildman–Crippen MR) is 106 cm³/mol. The van der Waals surface area contributed by atoms with Crippen molar-refractivity contribution in [2.45, 2.75) is 13.0 Å². The van der Waals surface area contributed by atoms with E-state index in [0.717, 1.165) is 0 Å². The van der Waals surface area contributed by atoms with Crippen molar-refractivity contribution in [2.75, 3.05) is 5.32 Å². The minimum Gasteiger partial charge on any atom is -0.481 e. The molecule has 1 N–H and O–H groups in total. The molecule has 0 bridgehead atoms. The molecule has 0 aromatic heterocycles. The molecule has 3 aromatic carbocycles. The summed E-state index contributed by atoms with van der Waals surface area (Å²) in [5.41, 5.74) is 1.43. The van der Waals surface area contributed by atoms with E-state index in [0.29, 0.717) is 27.6 Å². The quantitative estimate of drug-likeness (QED) is 0.615. The molecular weight excluding hydrogens is 362 g/mol. The fraction of sp³-hybridized carbons (Fsp3) is 0.0909. The van der Waals surface area contributed by atoms with Crippen molar-refractivity contribution in [1.29, 1.82) is 0 Å². The lowest BCUT2D eigenvalue weighted by molar-refractivity contribution is -0.122. The average Bonchev–Trinajstić information content (AvgIpc) is 2.70. The Labute approximate surface area is 162 Å². The van der Waals surface area contributed by atoms with Crippen LogP contribution in [0.25, 0.3) is 0 Å². The van der Waals surface area contributed by atoms with Gasteiger partial charge in [-0.25, -0.2) is 0 Å². The van der Waals surface area contributed by atoms with Crippen LogP contribution < -0.4 is 10.1 Å². The number of amides is 1. The van der Waals surface area contributed by atoms with E-state index in [1.807, 2.05) is 6.07 Å². The van der Waals surface area contributed by atoms with Gasteiger partial charge in [-0.3, -0.25) is 9.59 Å². The third-order valence-electron chi connectivity index (χ3n) is 3.96. The molecule has 0 saturated carbocycles. The van der Waals surface area contributed by atoms with Gasteiger partial charge in [-0.1, -0.05) is 54.1 Å². The number of rotatable bonds is 6. The minimum absolute atomic E-state index is 0.155. The van der Waals surface area contributed by atoms with Crippen molar-refractivity contribution in [2.24, 2.45) is 0 Å². The number of benzene rings is 3. The van der Waals surface area contributed by atoms with Gasteiger partial charge in [-0.05, 0) is 43.3 Å². The van der Waals surface area contributed by atoms with E-state index in [1.165, 1.54) is 0 Å². The molecular formula is C22H18ClNO3. The van der Waals surface area contributed by atoms with Crippen LogP contribution in [-0.2, 0) is 4.79 Å². The summed E-state index contributed by atoms with van der Waals surface area (Å²) in [7, 11) is 0. The number of nitrogens with one attached hydrogen (secondary N) is 1. The lowest BCUT2D eigenvalue weighted by Crippen LogP contribution is -2.30. The first-order valence-corrected chi connectivity index (χ1v) is 8.84. The van der Waals surface area contributed by atoms with Gasteiger partial charge in [-0.2, -0.15) is 0 Å². The van der Waals surface area contributed by atoms with Crippen LogP contribution in [0.15, 0.2) is 78.9 Å². The number of ketones is 1. The molecule has 0 aliphatic rings. The van der Waals surface area contributed by atoms with Crippen molar-refractivity contribution in [1.82, 2.24) is 0 Å². The number of hydrogen-bond acceptors (Lipinski definition) is 3. The van der Waals surface area contributed by atoms with Crippen LogP contribution in [0, 0.1) is 0 Å². The van der Waals surface area contributed by atoms with E-state index < -0.39 is 6.10 Å². The number of carbonyl (C=O) groups excluding carboxylic acids is 2. The summed E-state index contributed by atoms with van der Waals surface area (Å²) in [6.07, 6.45) is -0.744. The summed E-state index contributed by atoms with van der Waals surface area (Å²) < 4.78 is 5.63. The SMILES string of the molecule is CC(Oc1ccc(Cl)cc1)C(=O)Nc1ccccc1C(=O)c1ccccc1. The Balaban J connectivity index is 1.74. The Morgan fingerprint density at radius 2 is 1.52 bits per heavy atom.